The molecule has 12 nitrogen and oxygen atoms in total. The molecule has 0 rings (SSSR count). The molecule has 13 heteroatoms. The molecule has 0 aromatic rings. The van der Waals surface area contributed by atoms with E-state index in [-0.39, 0.29) is 19.4 Å². The van der Waals surface area contributed by atoms with Gasteiger partial charge in [0, 0.05) is 12.8 Å². The summed E-state index contributed by atoms with van der Waals surface area (Å²) < 4.78 is 32.7. The normalized spacial score (nSPS) is 15.1. The Morgan fingerprint density at radius 1 is 0.586 bits per heavy atom. The van der Waals surface area contributed by atoms with Gasteiger partial charge in [0.1, 0.15) is 12.7 Å². The molecule has 58 heavy (non-hydrogen) atoms. The van der Waals surface area contributed by atoms with Crippen LogP contribution in [0.4, 0.5) is 0 Å². The van der Waals surface area contributed by atoms with Gasteiger partial charge in [-0.05, 0) is 44.4 Å². The molecule has 0 amide bonds. The third-order valence-corrected chi connectivity index (χ3v) is 11.2. The van der Waals surface area contributed by atoms with Crippen LogP contribution in [0, 0.1) is 5.92 Å². The van der Waals surface area contributed by atoms with Gasteiger partial charge < -0.3 is 34.8 Å². The maximum absolute atomic E-state index is 12.6. The summed E-state index contributed by atoms with van der Waals surface area (Å²) in [5.74, 6) is -0.207. The number of esters is 2. The van der Waals surface area contributed by atoms with Crippen LogP contribution in [0.15, 0.2) is 12.2 Å². The van der Waals surface area contributed by atoms with Crippen LogP contribution in [0.3, 0.4) is 0 Å². The minimum absolute atomic E-state index is 0.146. The van der Waals surface area contributed by atoms with E-state index in [0.717, 1.165) is 63.7 Å². The lowest BCUT2D eigenvalue weighted by molar-refractivity contribution is -0.161. The van der Waals surface area contributed by atoms with Gasteiger partial charge in [-0.25, -0.2) is 4.57 Å². The fraction of sp³-hybridized carbons (Fsp3) is 0.911. The largest absolute Gasteiger partial charge is 0.472 e. The molecule has 0 fully saturated rings. The molecule has 0 heterocycles. The van der Waals surface area contributed by atoms with Gasteiger partial charge in [0.25, 0.3) is 0 Å². The Balaban J connectivity index is 4.33. The molecule has 5 atom stereocenters. The third-order valence-electron chi connectivity index (χ3n) is 10.3. The van der Waals surface area contributed by atoms with Crippen molar-refractivity contribution < 1.29 is 58.0 Å². The number of rotatable bonds is 43. The van der Waals surface area contributed by atoms with Crippen LogP contribution < -0.4 is 0 Å². The molecule has 0 aliphatic carbocycles. The Kier molecular flexibility index (Phi) is 38.8. The van der Waals surface area contributed by atoms with Crippen molar-refractivity contribution in [3.8, 4) is 0 Å². The second-order valence-electron chi connectivity index (χ2n) is 16.6. The molecular weight excluding hydrogens is 763 g/mol. The third kappa shape index (κ3) is 38.8. The number of hydrogen-bond acceptors (Lipinski definition) is 11. The lowest BCUT2D eigenvalue weighted by Gasteiger charge is -2.20. The van der Waals surface area contributed by atoms with Gasteiger partial charge in [0.2, 0.25) is 0 Å². The molecule has 0 spiro atoms. The van der Waals surface area contributed by atoms with Crippen molar-refractivity contribution in [2.24, 2.45) is 5.92 Å². The molecule has 0 saturated heterocycles. The van der Waals surface area contributed by atoms with Crippen LogP contribution in [-0.2, 0) is 32.7 Å². The van der Waals surface area contributed by atoms with Gasteiger partial charge in [-0.15, -0.1) is 0 Å². The van der Waals surface area contributed by atoms with Crippen molar-refractivity contribution in [1.82, 2.24) is 0 Å². The maximum Gasteiger partial charge on any atom is 0.472 e. The van der Waals surface area contributed by atoms with Crippen molar-refractivity contribution in [3.05, 3.63) is 12.2 Å². The van der Waals surface area contributed by atoms with Crippen molar-refractivity contribution in [1.29, 1.82) is 0 Å². The van der Waals surface area contributed by atoms with E-state index in [2.05, 4.69) is 31.4 Å². The number of hydrogen-bond donors (Lipinski definition) is 5. The second kappa shape index (κ2) is 39.7. The zero-order valence-electron chi connectivity index (χ0n) is 36.9. The summed E-state index contributed by atoms with van der Waals surface area (Å²) in [5.41, 5.74) is 0. The van der Waals surface area contributed by atoms with Gasteiger partial charge in [-0.3, -0.25) is 18.6 Å². The molecule has 0 radical (unpaired) electrons. The fourth-order valence-electron chi connectivity index (χ4n) is 6.55. The lowest BCUT2D eigenvalue weighted by Crippen LogP contribution is -2.29. The Labute approximate surface area is 352 Å². The summed E-state index contributed by atoms with van der Waals surface area (Å²) in [5, 5.41) is 38.8. The van der Waals surface area contributed by atoms with Crippen LogP contribution >= 0.6 is 7.82 Å². The number of ether oxygens (including phenoxy) is 2. The number of unbranched alkanes of at least 4 members (excludes halogenated alkanes) is 21. The molecular formula is C45H87O12P. The number of aliphatic hydroxyl groups is 4. The molecule has 1 unspecified atom stereocenters. The van der Waals surface area contributed by atoms with Gasteiger partial charge in [-0.1, -0.05) is 168 Å². The van der Waals surface area contributed by atoms with Crippen molar-refractivity contribution in [2.75, 3.05) is 26.4 Å². The summed E-state index contributed by atoms with van der Waals surface area (Å²) in [4.78, 5) is 35.1. The molecule has 0 aliphatic heterocycles. The highest BCUT2D eigenvalue weighted by atomic mass is 31.2. The zero-order valence-corrected chi connectivity index (χ0v) is 37.8. The van der Waals surface area contributed by atoms with E-state index in [4.69, 9.17) is 19.1 Å². The zero-order chi connectivity index (χ0) is 43.1. The Morgan fingerprint density at radius 3 is 1.59 bits per heavy atom. The Bertz CT molecular complexity index is 1030. The first-order valence-corrected chi connectivity index (χ1v) is 24.7. The van der Waals surface area contributed by atoms with Gasteiger partial charge >= 0.3 is 19.8 Å². The monoisotopic (exact) mass is 851 g/mol. The molecule has 0 aliphatic rings. The number of carbonyl (C=O) groups excluding carboxylic acids is 2. The van der Waals surface area contributed by atoms with Crippen LogP contribution in [0.1, 0.15) is 207 Å². The van der Waals surface area contributed by atoms with Crippen molar-refractivity contribution >= 4 is 19.8 Å². The minimum atomic E-state index is -4.65. The van der Waals surface area contributed by atoms with Crippen LogP contribution in [0.5, 0.6) is 0 Å². The number of phosphoric ester groups is 1. The number of allylic oxidation sites excluding steroid dienone is 1. The van der Waals surface area contributed by atoms with E-state index in [1.807, 2.05) is 6.08 Å². The summed E-state index contributed by atoms with van der Waals surface area (Å²) in [6.07, 6.45) is 29.1. The number of aliphatic hydroxyl groups excluding tert-OH is 4. The second-order valence-corrected chi connectivity index (χ2v) is 18.0. The number of phosphoric acid groups is 1. The molecule has 5 N–H and O–H groups in total. The molecule has 0 aromatic heterocycles. The van der Waals surface area contributed by atoms with Gasteiger partial charge in [0.05, 0.1) is 32.0 Å². The molecule has 0 bridgehead atoms. The average molecular weight is 851 g/mol. The van der Waals surface area contributed by atoms with E-state index in [9.17, 15) is 34.4 Å². The first-order chi connectivity index (χ1) is 27.9. The maximum atomic E-state index is 12.6. The lowest BCUT2D eigenvalue weighted by atomic mass is 10.0. The van der Waals surface area contributed by atoms with Gasteiger partial charge in [0.15, 0.2) is 6.10 Å². The smallest absolute Gasteiger partial charge is 0.462 e. The van der Waals surface area contributed by atoms with Crippen LogP contribution in [0.2, 0.25) is 0 Å². The molecule has 0 aromatic carbocycles. The standard InChI is InChI=1S/C45H87O12P/c1-4-5-6-7-21-26-31-42(48)43(49)32-27-22-19-24-28-33-44(50)54-37-41(38-56-58(52,53)55-36-40(47)35-46)57-45(51)34-29-23-18-16-14-12-10-8-9-11-13-15-17-20-25-30-39(2)3/h21,26,39-43,46-49H,4-20,22-25,27-38H2,1-3H3,(H,52,53)/b26-21-/t40-,41+,42+,43+/m0/s1. The van der Waals surface area contributed by atoms with E-state index >= 15 is 0 Å². The molecule has 0 saturated carbocycles. The highest BCUT2D eigenvalue weighted by Gasteiger charge is 2.27. The van der Waals surface area contributed by atoms with Gasteiger partial charge in [-0.2, -0.15) is 0 Å². The Hall–Kier alpha value is -1.37. The first-order valence-electron chi connectivity index (χ1n) is 23.2. The summed E-state index contributed by atoms with van der Waals surface area (Å²) >= 11 is 0. The molecule has 344 valence electrons. The van der Waals surface area contributed by atoms with E-state index in [0.29, 0.717) is 25.7 Å². The van der Waals surface area contributed by atoms with E-state index < -0.39 is 64.0 Å². The van der Waals surface area contributed by atoms with Crippen LogP contribution in [0.25, 0.3) is 0 Å². The first kappa shape index (κ1) is 56.6. The SMILES string of the molecule is CCCCC/C=C\C[C@@H](O)[C@H](O)CCCCCCCC(=O)OC[C@H](COP(=O)(O)OC[C@@H](O)CO)OC(=O)CCCCCCCCCCCCCCCCCC(C)C. The summed E-state index contributed by atoms with van der Waals surface area (Å²) in [6, 6.07) is 0. The number of carbonyl (C=O) groups is 2. The van der Waals surface area contributed by atoms with Crippen LogP contribution in [-0.4, -0.2) is 88.1 Å². The fourth-order valence-corrected chi connectivity index (χ4v) is 7.34. The minimum Gasteiger partial charge on any atom is -0.462 e. The highest BCUT2D eigenvalue weighted by Crippen LogP contribution is 2.43. The van der Waals surface area contributed by atoms with Crippen molar-refractivity contribution in [2.45, 2.75) is 231 Å². The highest BCUT2D eigenvalue weighted by molar-refractivity contribution is 7.47. The summed E-state index contributed by atoms with van der Waals surface area (Å²) in [6.45, 7) is 4.51. The van der Waals surface area contributed by atoms with Crippen molar-refractivity contribution in [3.63, 3.8) is 0 Å². The predicted octanol–water partition coefficient (Wildman–Crippen LogP) is 10.2. The average Bonchev–Trinajstić information content (AvgIpc) is 3.19. The Morgan fingerprint density at radius 2 is 1.07 bits per heavy atom. The predicted molar refractivity (Wildman–Crippen MR) is 231 cm³/mol. The quantitative estimate of drug-likeness (QED) is 0.0169. The summed E-state index contributed by atoms with van der Waals surface area (Å²) in [7, 11) is -4.65. The topological polar surface area (TPSA) is 189 Å². The van der Waals surface area contributed by atoms with E-state index in [1.54, 1.807) is 0 Å². The van der Waals surface area contributed by atoms with E-state index in [1.165, 1.54) is 89.9 Å².